The van der Waals surface area contributed by atoms with Gasteiger partial charge in [-0.1, -0.05) is 18.7 Å². The Morgan fingerprint density at radius 2 is 2.12 bits per heavy atom. The molecule has 0 spiro atoms. The number of H-pyrrole nitrogens is 1. The fraction of sp³-hybridized carbons (Fsp3) is 0.316. The lowest BCUT2D eigenvalue weighted by atomic mass is 9.93. The Morgan fingerprint density at radius 1 is 1.28 bits per heavy atom. The molecule has 0 atom stereocenters. The zero-order valence-electron chi connectivity index (χ0n) is 14.1. The molecule has 130 valence electrons. The Balaban J connectivity index is 1.66. The minimum absolute atomic E-state index is 0.148. The molecule has 25 heavy (non-hydrogen) atoms. The van der Waals surface area contributed by atoms with Crippen LogP contribution in [0.3, 0.4) is 0 Å². The Hall–Kier alpha value is -2.89. The highest BCUT2D eigenvalue weighted by molar-refractivity contribution is 5.92. The maximum Gasteiger partial charge on any atom is 0.243 e. The molecular formula is C19H22N4O2. The number of nitrogens with zero attached hydrogens (tertiary/aromatic N) is 1. The van der Waals surface area contributed by atoms with Crippen molar-refractivity contribution >= 4 is 17.5 Å². The Kier molecular flexibility index (Phi) is 5.28. The van der Waals surface area contributed by atoms with E-state index in [0.717, 1.165) is 29.8 Å². The number of carbonyl (C=O) groups excluding carboxylic acids is 2. The van der Waals surface area contributed by atoms with Crippen LogP contribution in [0.2, 0.25) is 0 Å². The van der Waals surface area contributed by atoms with E-state index in [1.54, 1.807) is 0 Å². The molecule has 2 amide bonds. The number of nitrogens with one attached hydrogen (secondary N) is 3. The van der Waals surface area contributed by atoms with E-state index in [-0.39, 0.29) is 24.8 Å². The summed E-state index contributed by atoms with van der Waals surface area (Å²) in [4.78, 5) is 23.1. The fourth-order valence-corrected chi connectivity index (χ4v) is 3.06. The highest BCUT2D eigenvalue weighted by atomic mass is 16.2. The molecule has 6 heteroatoms. The van der Waals surface area contributed by atoms with Gasteiger partial charge in [-0.25, -0.2) is 0 Å². The molecule has 0 aliphatic heterocycles. The molecule has 1 heterocycles. The van der Waals surface area contributed by atoms with Crippen molar-refractivity contribution in [1.82, 2.24) is 15.5 Å². The van der Waals surface area contributed by atoms with Crippen molar-refractivity contribution < 1.29 is 9.59 Å². The molecule has 6 nitrogen and oxygen atoms in total. The maximum absolute atomic E-state index is 12.0. The van der Waals surface area contributed by atoms with Crippen molar-refractivity contribution in [3.63, 3.8) is 0 Å². The van der Waals surface area contributed by atoms with Gasteiger partial charge >= 0.3 is 0 Å². The number of rotatable bonds is 6. The van der Waals surface area contributed by atoms with Crippen LogP contribution in [-0.4, -0.2) is 28.6 Å². The van der Waals surface area contributed by atoms with Crippen molar-refractivity contribution in [3.8, 4) is 11.3 Å². The van der Waals surface area contributed by atoms with Crippen LogP contribution >= 0.6 is 0 Å². The first-order valence-electron chi connectivity index (χ1n) is 8.54. The van der Waals surface area contributed by atoms with Crippen LogP contribution in [-0.2, 0) is 22.4 Å². The minimum Gasteiger partial charge on any atom is -0.352 e. The highest BCUT2D eigenvalue weighted by Crippen LogP contribution is 2.30. The summed E-state index contributed by atoms with van der Waals surface area (Å²) in [6.07, 6.45) is 5.88. The molecule has 0 saturated carbocycles. The molecule has 0 radical (unpaired) electrons. The van der Waals surface area contributed by atoms with Crippen molar-refractivity contribution in [2.24, 2.45) is 0 Å². The van der Waals surface area contributed by atoms with Crippen LogP contribution in [0.15, 0.2) is 36.9 Å². The summed E-state index contributed by atoms with van der Waals surface area (Å²) in [5.74, 6) is -0.427. The SMILES string of the molecule is C=CC(=O)NCCC(=O)Nc1cccc(-c2n[nH]c3c2CCCC3)c1. The summed E-state index contributed by atoms with van der Waals surface area (Å²) in [7, 11) is 0. The zero-order chi connectivity index (χ0) is 17.6. The minimum atomic E-state index is -0.280. The predicted molar refractivity (Wildman–Crippen MR) is 97.1 cm³/mol. The van der Waals surface area contributed by atoms with E-state index < -0.39 is 0 Å². The summed E-state index contributed by atoms with van der Waals surface area (Å²) < 4.78 is 0. The van der Waals surface area contributed by atoms with Gasteiger partial charge in [-0.15, -0.1) is 0 Å². The highest BCUT2D eigenvalue weighted by Gasteiger charge is 2.18. The third-order valence-electron chi connectivity index (χ3n) is 4.31. The van der Waals surface area contributed by atoms with E-state index in [1.165, 1.54) is 30.2 Å². The van der Waals surface area contributed by atoms with Gasteiger partial charge in [-0.2, -0.15) is 5.10 Å². The second-order valence-electron chi connectivity index (χ2n) is 6.11. The summed E-state index contributed by atoms with van der Waals surface area (Å²) >= 11 is 0. The normalized spacial score (nSPS) is 13.0. The second kappa shape index (κ2) is 7.79. The van der Waals surface area contributed by atoms with Gasteiger partial charge in [0.1, 0.15) is 0 Å². The molecule has 0 unspecified atom stereocenters. The van der Waals surface area contributed by atoms with Crippen LogP contribution in [0.4, 0.5) is 5.69 Å². The summed E-state index contributed by atoms with van der Waals surface area (Å²) in [5.41, 5.74) is 5.22. The Labute approximate surface area is 146 Å². The first-order valence-corrected chi connectivity index (χ1v) is 8.54. The van der Waals surface area contributed by atoms with Crippen molar-refractivity contribution in [3.05, 3.63) is 48.2 Å². The number of benzene rings is 1. The van der Waals surface area contributed by atoms with E-state index in [4.69, 9.17) is 0 Å². The number of aromatic nitrogens is 2. The molecule has 0 bridgehead atoms. The first-order chi connectivity index (χ1) is 12.2. The number of fused-ring (bicyclic) bond motifs is 1. The van der Waals surface area contributed by atoms with E-state index in [0.29, 0.717) is 0 Å². The van der Waals surface area contributed by atoms with E-state index in [1.807, 2.05) is 24.3 Å². The quantitative estimate of drug-likeness (QED) is 0.708. The first kappa shape index (κ1) is 17.0. The molecule has 1 aromatic heterocycles. The average molecular weight is 338 g/mol. The molecule has 1 aromatic carbocycles. The zero-order valence-corrected chi connectivity index (χ0v) is 14.1. The number of hydrogen-bond donors (Lipinski definition) is 3. The van der Waals surface area contributed by atoms with Gasteiger partial charge in [0.25, 0.3) is 0 Å². The smallest absolute Gasteiger partial charge is 0.243 e. The number of hydrogen-bond acceptors (Lipinski definition) is 3. The van der Waals surface area contributed by atoms with Gasteiger partial charge in [0.2, 0.25) is 11.8 Å². The summed E-state index contributed by atoms with van der Waals surface area (Å²) in [6, 6.07) is 7.70. The van der Waals surface area contributed by atoms with E-state index >= 15 is 0 Å². The fourth-order valence-electron chi connectivity index (χ4n) is 3.06. The van der Waals surface area contributed by atoms with Gasteiger partial charge in [0.15, 0.2) is 0 Å². The summed E-state index contributed by atoms with van der Waals surface area (Å²) in [5, 5.41) is 13.1. The number of carbonyl (C=O) groups is 2. The van der Waals surface area contributed by atoms with Crippen LogP contribution in [0.25, 0.3) is 11.3 Å². The van der Waals surface area contributed by atoms with E-state index in [9.17, 15) is 9.59 Å². The average Bonchev–Trinajstić information content (AvgIpc) is 3.06. The standard InChI is InChI=1S/C19H22N4O2/c1-2-17(24)20-11-10-18(25)21-14-7-5-6-13(12-14)19-15-8-3-4-9-16(15)22-23-19/h2,5-7,12H,1,3-4,8-11H2,(H,20,24)(H,21,25)(H,22,23). The third-order valence-corrected chi connectivity index (χ3v) is 4.31. The van der Waals surface area contributed by atoms with Crippen LogP contribution in [0, 0.1) is 0 Å². The summed E-state index contributed by atoms with van der Waals surface area (Å²) in [6.45, 7) is 3.65. The molecule has 0 fully saturated rings. The predicted octanol–water partition coefficient (Wildman–Crippen LogP) is 2.59. The lowest BCUT2D eigenvalue weighted by Crippen LogP contribution is -2.25. The van der Waals surface area contributed by atoms with Gasteiger partial charge in [0, 0.05) is 35.5 Å². The largest absolute Gasteiger partial charge is 0.352 e. The van der Waals surface area contributed by atoms with Crippen molar-refractivity contribution in [1.29, 1.82) is 0 Å². The van der Waals surface area contributed by atoms with Crippen molar-refractivity contribution in [2.45, 2.75) is 32.1 Å². The molecule has 1 aliphatic carbocycles. The number of aromatic amines is 1. The molecule has 0 saturated heterocycles. The van der Waals surface area contributed by atoms with Gasteiger partial charge in [-0.3, -0.25) is 14.7 Å². The molecule has 1 aliphatic rings. The Morgan fingerprint density at radius 3 is 2.96 bits per heavy atom. The molecular weight excluding hydrogens is 316 g/mol. The molecule has 3 rings (SSSR count). The maximum atomic E-state index is 12.0. The number of amides is 2. The lowest BCUT2D eigenvalue weighted by Gasteiger charge is -2.12. The molecule has 3 N–H and O–H groups in total. The second-order valence-corrected chi connectivity index (χ2v) is 6.11. The topological polar surface area (TPSA) is 86.9 Å². The van der Waals surface area contributed by atoms with Gasteiger partial charge < -0.3 is 10.6 Å². The van der Waals surface area contributed by atoms with Crippen LogP contribution in [0.5, 0.6) is 0 Å². The number of anilines is 1. The van der Waals surface area contributed by atoms with Gasteiger partial charge in [0.05, 0.1) is 5.69 Å². The van der Waals surface area contributed by atoms with Crippen LogP contribution < -0.4 is 10.6 Å². The monoisotopic (exact) mass is 338 g/mol. The Bertz CT molecular complexity index is 794. The van der Waals surface area contributed by atoms with Crippen molar-refractivity contribution in [2.75, 3.05) is 11.9 Å². The third kappa shape index (κ3) is 4.15. The molecule has 2 aromatic rings. The van der Waals surface area contributed by atoms with Gasteiger partial charge in [-0.05, 0) is 43.9 Å². The lowest BCUT2D eigenvalue weighted by molar-refractivity contribution is -0.117. The van der Waals surface area contributed by atoms with Crippen LogP contribution in [0.1, 0.15) is 30.5 Å². The number of aryl methyl sites for hydroxylation is 1. The van der Waals surface area contributed by atoms with E-state index in [2.05, 4.69) is 27.4 Å².